The number of rotatable bonds is 2. The van der Waals surface area contributed by atoms with Crippen molar-refractivity contribution < 1.29 is 14.3 Å². The van der Waals surface area contributed by atoms with Crippen LogP contribution < -0.4 is 15.4 Å². The molecule has 2 N–H and O–H groups in total. The van der Waals surface area contributed by atoms with Gasteiger partial charge in [-0.05, 0) is 19.1 Å². The van der Waals surface area contributed by atoms with Crippen LogP contribution in [0.2, 0.25) is 0 Å². The molecule has 1 aromatic heterocycles. The minimum Gasteiger partial charge on any atom is -0.481 e. The minimum atomic E-state index is -0.313. The highest BCUT2D eigenvalue weighted by molar-refractivity contribution is 7.13. The van der Waals surface area contributed by atoms with E-state index < -0.39 is 0 Å². The largest absolute Gasteiger partial charge is 0.481 e. The van der Waals surface area contributed by atoms with E-state index in [0.717, 1.165) is 5.69 Å². The van der Waals surface area contributed by atoms with Gasteiger partial charge in [0.15, 0.2) is 17.5 Å². The lowest BCUT2D eigenvalue weighted by atomic mass is 10.1. The van der Waals surface area contributed by atoms with Crippen LogP contribution in [0, 0.1) is 6.92 Å². The van der Waals surface area contributed by atoms with Crippen LogP contribution in [0.4, 0.5) is 10.8 Å². The van der Waals surface area contributed by atoms with Gasteiger partial charge in [-0.2, -0.15) is 0 Å². The lowest BCUT2D eigenvalue weighted by Gasteiger charge is -2.19. The summed E-state index contributed by atoms with van der Waals surface area (Å²) in [5.74, 6) is -0.157. The first-order chi connectivity index (χ1) is 9.63. The SMILES string of the molecule is Cc1csc(NC(=O)c2cccc3c2OCC(=O)N3)n1. The van der Waals surface area contributed by atoms with Crippen molar-refractivity contribution in [1.29, 1.82) is 0 Å². The Morgan fingerprint density at radius 1 is 1.50 bits per heavy atom. The Hall–Kier alpha value is -2.41. The number of fused-ring (bicyclic) bond motifs is 1. The first-order valence-corrected chi connectivity index (χ1v) is 6.80. The Bertz CT molecular complexity index is 696. The molecule has 0 aliphatic carbocycles. The van der Waals surface area contributed by atoms with Crippen LogP contribution in [0.5, 0.6) is 5.75 Å². The third kappa shape index (κ3) is 2.35. The number of hydrogen-bond donors (Lipinski definition) is 2. The van der Waals surface area contributed by atoms with Crippen LogP contribution in [0.15, 0.2) is 23.6 Å². The fraction of sp³-hybridized carbons (Fsp3) is 0.154. The Morgan fingerprint density at radius 2 is 2.35 bits per heavy atom. The van der Waals surface area contributed by atoms with Gasteiger partial charge in [0, 0.05) is 5.38 Å². The van der Waals surface area contributed by atoms with E-state index in [0.29, 0.717) is 22.1 Å². The number of nitrogens with zero attached hydrogens (tertiary/aromatic N) is 1. The molecule has 0 bridgehead atoms. The molecule has 20 heavy (non-hydrogen) atoms. The molecule has 0 fully saturated rings. The maximum absolute atomic E-state index is 12.2. The van der Waals surface area contributed by atoms with E-state index in [2.05, 4.69) is 15.6 Å². The lowest BCUT2D eigenvalue weighted by molar-refractivity contribution is -0.118. The number of nitrogens with one attached hydrogen (secondary N) is 2. The Morgan fingerprint density at radius 3 is 3.10 bits per heavy atom. The van der Waals surface area contributed by atoms with Gasteiger partial charge in [-0.25, -0.2) is 4.98 Å². The molecule has 1 aliphatic rings. The predicted octanol–water partition coefficient (Wildman–Crippen LogP) is 2.03. The van der Waals surface area contributed by atoms with Crippen molar-refractivity contribution in [3.05, 3.63) is 34.8 Å². The highest BCUT2D eigenvalue weighted by atomic mass is 32.1. The van der Waals surface area contributed by atoms with Gasteiger partial charge in [0.05, 0.1) is 16.9 Å². The van der Waals surface area contributed by atoms with E-state index in [9.17, 15) is 9.59 Å². The van der Waals surface area contributed by atoms with Crippen molar-refractivity contribution in [3.8, 4) is 5.75 Å². The average Bonchev–Trinajstić information content (AvgIpc) is 2.83. The normalized spacial score (nSPS) is 13.2. The number of anilines is 2. The second kappa shape index (κ2) is 4.93. The zero-order valence-corrected chi connectivity index (χ0v) is 11.4. The van der Waals surface area contributed by atoms with Crippen molar-refractivity contribution in [2.75, 3.05) is 17.2 Å². The first kappa shape index (κ1) is 12.6. The van der Waals surface area contributed by atoms with Gasteiger partial charge in [-0.15, -0.1) is 11.3 Å². The molecule has 0 saturated heterocycles. The summed E-state index contributed by atoms with van der Waals surface area (Å²) in [7, 11) is 0. The van der Waals surface area contributed by atoms with Crippen molar-refractivity contribution in [2.24, 2.45) is 0 Å². The second-order valence-electron chi connectivity index (χ2n) is 4.27. The van der Waals surface area contributed by atoms with Gasteiger partial charge >= 0.3 is 0 Å². The third-order valence-electron chi connectivity index (χ3n) is 2.72. The number of aromatic nitrogens is 1. The highest BCUT2D eigenvalue weighted by Gasteiger charge is 2.22. The number of aryl methyl sites for hydroxylation is 1. The molecule has 6 nitrogen and oxygen atoms in total. The topological polar surface area (TPSA) is 80.3 Å². The number of amides is 2. The fourth-order valence-electron chi connectivity index (χ4n) is 1.87. The van der Waals surface area contributed by atoms with Crippen LogP contribution in [0.25, 0.3) is 0 Å². The summed E-state index contributed by atoms with van der Waals surface area (Å²) in [4.78, 5) is 27.7. The van der Waals surface area contributed by atoms with E-state index in [-0.39, 0.29) is 18.4 Å². The molecule has 102 valence electrons. The minimum absolute atomic E-state index is 0.0896. The van der Waals surface area contributed by atoms with E-state index in [1.807, 2.05) is 12.3 Å². The summed E-state index contributed by atoms with van der Waals surface area (Å²) in [5, 5.41) is 7.77. The number of carbonyl (C=O) groups is 2. The van der Waals surface area contributed by atoms with Gasteiger partial charge in [-0.1, -0.05) is 6.07 Å². The maximum atomic E-state index is 12.2. The molecule has 2 amide bonds. The van der Waals surface area contributed by atoms with E-state index in [1.54, 1.807) is 18.2 Å². The number of hydrogen-bond acceptors (Lipinski definition) is 5. The lowest BCUT2D eigenvalue weighted by Crippen LogP contribution is -2.27. The van der Waals surface area contributed by atoms with Gasteiger partial charge in [-0.3, -0.25) is 14.9 Å². The molecule has 1 aromatic carbocycles. The van der Waals surface area contributed by atoms with Gasteiger partial charge < -0.3 is 10.1 Å². The summed E-state index contributed by atoms with van der Waals surface area (Å²) >= 11 is 1.36. The summed E-state index contributed by atoms with van der Waals surface area (Å²) in [6.07, 6.45) is 0. The van der Waals surface area contributed by atoms with Crippen LogP contribution in [0.1, 0.15) is 16.1 Å². The van der Waals surface area contributed by atoms with Gasteiger partial charge in [0.2, 0.25) is 0 Å². The number of benzene rings is 1. The monoisotopic (exact) mass is 289 g/mol. The van der Waals surface area contributed by atoms with E-state index in [1.165, 1.54) is 11.3 Å². The number of thiazole rings is 1. The quantitative estimate of drug-likeness (QED) is 0.886. The summed E-state index contributed by atoms with van der Waals surface area (Å²) in [6.45, 7) is 1.77. The summed E-state index contributed by atoms with van der Waals surface area (Å²) < 4.78 is 5.34. The van der Waals surface area contributed by atoms with E-state index in [4.69, 9.17) is 4.74 Å². The molecule has 7 heteroatoms. The molecule has 0 spiro atoms. The maximum Gasteiger partial charge on any atom is 0.262 e. The van der Waals surface area contributed by atoms with Crippen molar-refractivity contribution in [2.45, 2.75) is 6.92 Å². The molecule has 2 heterocycles. The number of ether oxygens (including phenoxy) is 1. The van der Waals surface area contributed by atoms with Crippen LogP contribution in [0.3, 0.4) is 0 Å². The average molecular weight is 289 g/mol. The Kier molecular flexibility index (Phi) is 3.11. The zero-order chi connectivity index (χ0) is 14.1. The Balaban J connectivity index is 1.88. The summed E-state index contributed by atoms with van der Waals surface area (Å²) in [5.41, 5.74) is 1.73. The zero-order valence-electron chi connectivity index (χ0n) is 10.6. The predicted molar refractivity (Wildman–Crippen MR) is 75.4 cm³/mol. The third-order valence-corrected chi connectivity index (χ3v) is 3.60. The smallest absolute Gasteiger partial charge is 0.262 e. The van der Waals surface area contributed by atoms with Crippen molar-refractivity contribution >= 4 is 34.0 Å². The fourth-order valence-corrected chi connectivity index (χ4v) is 2.55. The van der Waals surface area contributed by atoms with Crippen molar-refractivity contribution in [1.82, 2.24) is 4.98 Å². The van der Waals surface area contributed by atoms with Gasteiger partial charge in [0.25, 0.3) is 11.8 Å². The highest BCUT2D eigenvalue weighted by Crippen LogP contribution is 2.32. The molecule has 2 aromatic rings. The van der Waals surface area contributed by atoms with Crippen LogP contribution in [-0.4, -0.2) is 23.4 Å². The van der Waals surface area contributed by atoms with Crippen LogP contribution >= 0.6 is 11.3 Å². The second-order valence-corrected chi connectivity index (χ2v) is 5.13. The van der Waals surface area contributed by atoms with Gasteiger partial charge in [0.1, 0.15) is 0 Å². The molecule has 1 aliphatic heterocycles. The van der Waals surface area contributed by atoms with Crippen LogP contribution in [-0.2, 0) is 4.79 Å². The first-order valence-electron chi connectivity index (χ1n) is 5.92. The molecule has 0 saturated carbocycles. The standard InChI is InChI=1S/C13H11N3O3S/c1-7-6-20-13(14-7)16-12(18)8-3-2-4-9-11(8)19-5-10(17)15-9/h2-4,6H,5H2,1H3,(H,15,17)(H,14,16,18). The molecular weight excluding hydrogens is 278 g/mol. The molecular formula is C13H11N3O3S. The molecule has 0 unspecified atom stereocenters. The van der Waals surface area contributed by atoms with Crippen molar-refractivity contribution in [3.63, 3.8) is 0 Å². The Labute approximate surface area is 118 Å². The number of para-hydroxylation sites is 1. The molecule has 3 rings (SSSR count). The summed E-state index contributed by atoms with van der Waals surface area (Å²) in [6, 6.07) is 5.03. The molecule has 0 atom stereocenters. The number of carbonyl (C=O) groups excluding carboxylic acids is 2. The molecule has 0 radical (unpaired) electrons. The van der Waals surface area contributed by atoms with E-state index >= 15 is 0 Å².